The molecule has 0 aliphatic carbocycles. The van der Waals surface area contributed by atoms with Gasteiger partial charge in [-0.15, -0.1) is 10.2 Å². The van der Waals surface area contributed by atoms with Gasteiger partial charge in [-0.05, 0) is 41.6 Å². The van der Waals surface area contributed by atoms with Crippen LogP contribution in [0, 0.1) is 0 Å². The molecule has 0 aliphatic rings. The van der Waals surface area contributed by atoms with E-state index in [-0.39, 0.29) is 16.3 Å². The first-order chi connectivity index (χ1) is 9.10. The highest BCUT2D eigenvalue weighted by Gasteiger charge is 2.09. The van der Waals surface area contributed by atoms with Crippen LogP contribution in [0.1, 0.15) is 31.7 Å². The standard InChI is InChI=1S/C13H13Cl2N3O/c1-3-8(2)9-4-6-10(7-5-9)19-12-11(14)17-18-13(15)16-12/h4-8H,3H2,1-2H3. The summed E-state index contributed by atoms with van der Waals surface area (Å²) < 4.78 is 5.53. The van der Waals surface area contributed by atoms with Gasteiger partial charge in [0.05, 0.1) is 0 Å². The van der Waals surface area contributed by atoms with Crippen LogP contribution in [-0.2, 0) is 0 Å². The normalized spacial score (nSPS) is 12.2. The minimum atomic E-state index is -0.00405. The van der Waals surface area contributed by atoms with Gasteiger partial charge >= 0.3 is 0 Å². The lowest BCUT2D eigenvalue weighted by molar-refractivity contribution is 0.457. The number of halogens is 2. The molecule has 2 rings (SSSR count). The van der Waals surface area contributed by atoms with Crippen molar-refractivity contribution in [2.24, 2.45) is 0 Å². The molecule has 1 atom stereocenters. The zero-order valence-electron chi connectivity index (χ0n) is 10.6. The van der Waals surface area contributed by atoms with Crippen molar-refractivity contribution in [3.8, 4) is 11.6 Å². The SMILES string of the molecule is CCC(C)c1ccc(Oc2nc(Cl)nnc2Cl)cc1. The smallest absolute Gasteiger partial charge is 0.262 e. The molecule has 0 saturated heterocycles. The summed E-state index contributed by atoms with van der Waals surface area (Å²) in [5.74, 6) is 1.30. The number of hydrogen-bond donors (Lipinski definition) is 0. The monoisotopic (exact) mass is 297 g/mol. The molecule has 2 aromatic rings. The van der Waals surface area contributed by atoms with Crippen LogP contribution in [-0.4, -0.2) is 15.2 Å². The van der Waals surface area contributed by atoms with Crippen LogP contribution in [0.5, 0.6) is 11.6 Å². The molecule has 0 spiro atoms. The Bertz CT molecular complexity index is 560. The van der Waals surface area contributed by atoms with Gasteiger partial charge in [-0.1, -0.05) is 37.6 Å². The summed E-state index contributed by atoms with van der Waals surface area (Å²) in [4.78, 5) is 3.88. The summed E-state index contributed by atoms with van der Waals surface area (Å²) in [6.45, 7) is 4.34. The van der Waals surface area contributed by atoms with Gasteiger partial charge in [-0.25, -0.2) is 0 Å². The Morgan fingerprint density at radius 2 is 1.84 bits per heavy atom. The van der Waals surface area contributed by atoms with E-state index in [0.29, 0.717) is 11.7 Å². The van der Waals surface area contributed by atoms with Gasteiger partial charge in [-0.2, -0.15) is 4.98 Å². The molecule has 100 valence electrons. The molecule has 0 N–H and O–H groups in total. The van der Waals surface area contributed by atoms with E-state index in [1.807, 2.05) is 24.3 Å². The average Bonchev–Trinajstić information content (AvgIpc) is 2.43. The molecule has 0 bridgehead atoms. The zero-order valence-corrected chi connectivity index (χ0v) is 12.1. The van der Waals surface area contributed by atoms with Crippen LogP contribution in [0.25, 0.3) is 0 Å². The molecule has 0 radical (unpaired) electrons. The summed E-state index contributed by atoms with van der Waals surface area (Å²) in [5, 5.41) is 7.23. The minimum absolute atomic E-state index is 0.00405. The van der Waals surface area contributed by atoms with Crippen molar-refractivity contribution in [2.45, 2.75) is 26.2 Å². The number of nitrogens with zero attached hydrogens (tertiary/aromatic N) is 3. The Labute approximate surface area is 121 Å². The van der Waals surface area contributed by atoms with E-state index in [1.54, 1.807) is 0 Å². The quantitative estimate of drug-likeness (QED) is 0.834. The maximum absolute atomic E-state index is 5.83. The highest BCUT2D eigenvalue weighted by atomic mass is 35.5. The summed E-state index contributed by atoms with van der Waals surface area (Å²) in [6.07, 6.45) is 1.09. The van der Waals surface area contributed by atoms with E-state index in [2.05, 4.69) is 29.0 Å². The lowest BCUT2D eigenvalue weighted by atomic mass is 9.99. The Hall–Kier alpha value is -1.39. The van der Waals surface area contributed by atoms with Gasteiger partial charge in [-0.3, -0.25) is 0 Å². The molecule has 0 amide bonds. The highest BCUT2D eigenvalue weighted by molar-refractivity contribution is 6.31. The van der Waals surface area contributed by atoms with E-state index in [1.165, 1.54) is 5.56 Å². The van der Waals surface area contributed by atoms with Gasteiger partial charge in [0.25, 0.3) is 5.88 Å². The van der Waals surface area contributed by atoms with E-state index in [0.717, 1.165) is 6.42 Å². The van der Waals surface area contributed by atoms with Crippen molar-refractivity contribution in [3.05, 3.63) is 40.3 Å². The molecule has 0 aliphatic heterocycles. The molecule has 0 saturated carbocycles. The minimum Gasteiger partial charge on any atom is -0.436 e. The first-order valence-corrected chi connectivity index (χ1v) is 6.69. The second kappa shape index (κ2) is 6.17. The third kappa shape index (κ3) is 3.55. The van der Waals surface area contributed by atoms with Gasteiger partial charge in [0.2, 0.25) is 10.4 Å². The lowest BCUT2D eigenvalue weighted by Gasteiger charge is -2.10. The molecular formula is C13H13Cl2N3O. The molecule has 1 unspecified atom stereocenters. The molecule has 1 aromatic heterocycles. The fourth-order valence-electron chi connectivity index (χ4n) is 1.56. The number of rotatable bonds is 4. The summed E-state index contributed by atoms with van der Waals surface area (Å²) in [5.41, 5.74) is 1.26. The van der Waals surface area contributed by atoms with E-state index in [9.17, 15) is 0 Å². The van der Waals surface area contributed by atoms with Crippen molar-refractivity contribution in [2.75, 3.05) is 0 Å². The summed E-state index contributed by atoms with van der Waals surface area (Å²) >= 11 is 11.5. The largest absolute Gasteiger partial charge is 0.436 e. The number of hydrogen-bond acceptors (Lipinski definition) is 4. The van der Waals surface area contributed by atoms with Gasteiger partial charge < -0.3 is 4.74 Å². The molecule has 1 aromatic carbocycles. The Morgan fingerprint density at radius 3 is 2.47 bits per heavy atom. The number of aromatic nitrogens is 3. The fraction of sp³-hybridized carbons (Fsp3) is 0.308. The van der Waals surface area contributed by atoms with Crippen molar-refractivity contribution < 1.29 is 4.74 Å². The van der Waals surface area contributed by atoms with Crippen molar-refractivity contribution in [1.82, 2.24) is 15.2 Å². The van der Waals surface area contributed by atoms with Gasteiger partial charge in [0, 0.05) is 0 Å². The van der Waals surface area contributed by atoms with Crippen LogP contribution >= 0.6 is 23.2 Å². The number of ether oxygens (including phenoxy) is 1. The average molecular weight is 298 g/mol. The topological polar surface area (TPSA) is 47.9 Å². The van der Waals surface area contributed by atoms with Crippen molar-refractivity contribution in [1.29, 1.82) is 0 Å². The maximum Gasteiger partial charge on any atom is 0.262 e. The second-order valence-electron chi connectivity index (χ2n) is 4.16. The maximum atomic E-state index is 5.83. The fourth-order valence-corrected chi connectivity index (χ4v) is 1.79. The first kappa shape index (κ1) is 14.0. The Balaban J connectivity index is 2.17. The molecule has 19 heavy (non-hydrogen) atoms. The van der Waals surface area contributed by atoms with E-state index >= 15 is 0 Å². The van der Waals surface area contributed by atoms with Crippen LogP contribution in [0.2, 0.25) is 10.4 Å². The summed E-state index contributed by atoms with van der Waals surface area (Å²) in [6, 6.07) is 7.78. The molecule has 6 heteroatoms. The van der Waals surface area contributed by atoms with Crippen molar-refractivity contribution in [3.63, 3.8) is 0 Å². The third-order valence-electron chi connectivity index (χ3n) is 2.87. The van der Waals surface area contributed by atoms with Gasteiger partial charge in [0.15, 0.2) is 0 Å². The Morgan fingerprint density at radius 1 is 1.16 bits per heavy atom. The predicted octanol–water partition coefficient (Wildman–Crippen LogP) is 4.48. The second-order valence-corrected chi connectivity index (χ2v) is 4.85. The summed E-state index contributed by atoms with van der Waals surface area (Å²) in [7, 11) is 0. The first-order valence-electron chi connectivity index (χ1n) is 5.93. The third-order valence-corrected chi connectivity index (χ3v) is 3.26. The molecule has 4 nitrogen and oxygen atoms in total. The van der Waals surface area contributed by atoms with Crippen LogP contribution < -0.4 is 4.74 Å². The van der Waals surface area contributed by atoms with E-state index < -0.39 is 0 Å². The van der Waals surface area contributed by atoms with Crippen LogP contribution in [0.15, 0.2) is 24.3 Å². The number of benzene rings is 1. The van der Waals surface area contributed by atoms with Gasteiger partial charge in [0.1, 0.15) is 5.75 Å². The predicted molar refractivity (Wildman–Crippen MR) is 75.1 cm³/mol. The zero-order chi connectivity index (χ0) is 13.8. The molecule has 1 heterocycles. The lowest BCUT2D eigenvalue weighted by Crippen LogP contribution is -1.95. The van der Waals surface area contributed by atoms with E-state index in [4.69, 9.17) is 27.9 Å². The van der Waals surface area contributed by atoms with Crippen molar-refractivity contribution >= 4 is 23.2 Å². The molecule has 0 fully saturated rings. The van der Waals surface area contributed by atoms with Crippen LogP contribution in [0.4, 0.5) is 0 Å². The Kier molecular flexibility index (Phi) is 4.56. The highest BCUT2D eigenvalue weighted by Crippen LogP contribution is 2.27. The molecular weight excluding hydrogens is 285 g/mol. The van der Waals surface area contributed by atoms with Crippen LogP contribution in [0.3, 0.4) is 0 Å².